The average Bonchev–Trinajstić information content (AvgIpc) is 2.69. The van der Waals surface area contributed by atoms with Gasteiger partial charge in [-0.25, -0.2) is 4.39 Å². The van der Waals surface area contributed by atoms with Crippen molar-refractivity contribution in [1.29, 1.82) is 0 Å². The van der Waals surface area contributed by atoms with Gasteiger partial charge in [-0.05, 0) is 42.2 Å². The number of anilines is 1. The van der Waals surface area contributed by atoms with Crippen LogP contribution in [0, 0.1) is 5.82 Å². The molecule has 6 heteroatoms. The highest BCUT2D eigenvalue weighted by Gasteiger charge is 2.22. The van der Waals surface area contributed by atoms with Crippen molar-refractivity contribution in [1.82, 2.24) is 10.2 Å². The Bertz CT molecular complexity index is 819. The number of hydrogen-bond donors (Lipinski definition) is 1. The summed E-state index contributed by atoms with van der Waals surface area (Å²) in [5.74, 6) is 0.396. The van der Waals surface area contributed by atoms with E-state index in [-0.39, 0.29) is 18.3 Å². The maximum atomic E-state index is 13.0. The Kier molecular flexibility index (Phi) is 6.06. The number of fused-ring (bicyclic) bond motifs is 1. The van der Waals surface area contributed by atoms with Crippen molar-refractivity contribution < 1.29 is 9.18 Å². The largest absolute Gasteiger partial charge is 0.347 e. The fraction of sp³-hybridized carbons (Fsp3) is 0.333. The molecule has 0 spiro atoms. The first kappa shape index (κ1) is 18.9. The Morgan fingerprint density at radius 1 is 1.22 bits per heavy atom. The molecule has 0 bridgehead atoms. The van der Waals surface area contributed by atoms with Crippen LogP contribution in [-0.4, -0.2) is 44.0 Å². The molecule has 1 N–H and O–H groups in total. The standard InChI is InChI=1S/C21H25FN4O/c1-23-21(25(2)15-16-9-11-18(22)12-10-16)24-14-20(27)26-13-5-7-17-6-3-4-8-19(17)26/h3-4,6,8-12H,5,7,13-15H2,1-2H3,(H,23,24). The Morgan fingerprint density at radius 3 is 2.70 bits per heavy atom. The number of amides is 1. The van der Waals surface area contributed by atoms with Crippen LogP contribution in [0.25, 0.3) is 0 Å². The molecule has 0 aliphatic carbocycles. The summed E-state index contributed by atoms with van der Waals surface area (Å²) in [4.78, 5) is 20.8. The fourth-order valence-corrected chi connectivity index (χ4v) is 3.37. The highest BCUT2D eigenvalue weighted by Crippen LogP contribution is 2.26. The lowest BCUT2D eigenvalue weighted by molar-refractivity contribution is -0.117. The first-order chi connectivity index (χ1) is 13.1. The number of hydrogen-bond acceptors (Lipinski definition) is 2. The molecule has 142 valence electrons. The lowest BCUT2D eigenvalue weighted by atomic mass is 10.0. The van der Waals surface area contributed by atoms with Crippen LogP contribution in [0.5, 0.6) is 0 Å². The van der Waals surface area contributed by atoms with E-state index in [1.54, 1.807) is 19.2 Å². The molecular formula is C21H25FN4O. The molecule has 0 unspecified atom stereocenters. The maximum absolute atomic E-state index is 13.0. The summed E-state index contributed by atoms with van der Waals surface area (Å²) < 4.78 is 13.0. The lowest BCUT2D eigenvalue weighted by Gasteiger charge is -2.30. The molecule has 2 aromatic rings. The number of para-hydroxylation sites is 1. The summed E-state index contributed by atoms with van der Waals surface area (Å²) in [5, 5.41) is 3.14. The molecule has 0 saturated carbocycles. The van der Waals surface area contributed by atoms with Gasteiger partial charge in [0.1, 0.15) is 5.82 Å². The SMILES string of the molecule is CN=C(NCC(=O)N1CCCc2ccccc21)N(C)Cc1ccc(F)cc1. The summed E-state index contributed by atoms with van der Waals surface area (Å²) in [7, 11) is 3.57. The first-order valence-corrected chi connectivity index (χ1v) is 9.13. The number of aliphatic imine (C=N–C) groups is 1. The smallest absolute Gasteiger partial charge is 0.246 e. The second-order valence-electron chi connectivity index (χ2n) is 6.66. The van der Waals surface area contributed by atoms with Crippen molar-refractivity contribution in [3.63, 3.8) is 0 Å². The molecule has 2 aromatic carbocycles. The number of nitrogens with one attached hydrogen (secondary N) is 1. The predicted molar refractivity (Wildman–Crippen MR) is 106 cm³/mol. The monoisotopic (exact) mass is 368 g/mol. The molecule has 27 heavy (non-hydrogen) atoms. The number of carbonyl (C=O) groups is 1. The third-order valence-corrected chi connectivity index (χ3v) is 4.72. The third kappa shape index (κ3) is 4.64. The molecule has 3 rings (SSSR count). The van der Waals surface area contributed by atoms with E-state index in [4.69, 9.17) is 0 Å². The van der Waals surface area contributed by atoms with Gasteiger partial charge in [-0.15, -0.1) is 0 Å². The van der Waals surface area contributed by atoms with E-state index in [1.807, 2.05) is 35.0 Å². The van der Waals surface area contributed by atoms with E-state index in [0.29, 0.717) is 12.5 Å². The van der Waals surface area contributed by atoms with E-state index in [0.717, 1.165) is 30.6 Å². The quantitative estimate of drug-likeness (QED) is 0.667. The van der Waals surface area contributed by atoms with Crippen molar-refractivity contribution in [2.24, 2.45) is 4.99 Å². The summed E-state index contributed by atoms with van der Waals surface area (Å²) in [6, 6.07) is 14.4. The molecule has 1 heterocycles. The van der Waals surface area contributed by atoms with Crippen LogP contribution in [0.4, 0.5) is 10.1 Å². The molecule has 5 nitrogen and oxygen atoms in total. The summed E-state index contributed by atoms with van der Waals surface area (Å²) in [6.07, 6.45) is 1.98. The molecule has 1 aliphatic rings. The van der Waals surface area contributed by atoms with Crippen molar-refractivity contribution in [2.45, 2.75) is 19.4 Å². The maximum Gasteiger partial charge on any atom is 0.246 e. The van der Waals surface area contributed by atoms with Gasteiger partial charge in [-0.3, -0.25) is 9.79 Å². The summed E-state index contributed by atoms with van der Waals surface area (Å²) in [5.41, 5.74) is 3.19. The number of guanidine groups is 1. The average molecular weight is 368 g/mol. The van der Waals surface area contributed by atoms with Gasteiger partial charge in [-0.1, -0.05) is 30.3 Å². The van der Waals surface area contributed by atoms with Gasteiger partial charge < -0.3 is 15.1 Å². The molecule has 0 aromatic heterocycles. The lowest BCUT2D eigenvalue weighted by Crippen LogP contribution is -2.46. The van der Waals surface area contributed by atoms with Crippen molar-refractivity contribution in [3.8, 4) is 0 Å². The third-order valence-electron chi connectivity index (χ3n) is 4.72. The van der Waals surface area contributed by atoms with Gasteiger partial charge in [0.15, 0.2) is 5.96 Å². The Morgan fingerprint density at radius 2 is 1.96 bits per heavy atom. The zero-order valence-corrected chi connectivity index (χ0v) is 15.8. The number of aryl methyl sites for hydroxylation is 1. The Hall–Kier alpha value is -2.89. The number of nitrogens with zero attached hydrogens (tertiary/aromatic N) is 3. The van der Waals surface area contributed by atoms with Crippen molar-refractivity contribution in [2.75, 3.05) is 32.1 Å². The van der Waals surface area contributed by atoms with E-state index < -0.39 is 0 Å². The van der Waals surface area contributed by atoms with Crippen LogP contribution in [0.1, 0.15) is 17.5 Å². The van der Waals surface area contributed by atoms with E-state index >= 15 is 0 Å². The fourth-order valence-electron chi connectivity index (χ4n) is 3.37. The van der Waals surface area contributed by atoms with Crippen LogP contribution >= 0.6 is 0 Å². The van der Waals surface area contributed by atoms with Gasteiger partial charge in [-0.2, -0.15) is 0 Å². The van der Waals surface area contributed by atoms with Crippen LogP contribution in [0.15, 0.2) is 53.5 Å². The Labute approximate surface area is 159 Å². The highest BCUT2D eigenvalue weighted by molar-refractivity contribution is 5.98. The highest BCUT2D eigenvalue weighted by atomic mass is 19.1. The molecule has 1 aliphatic heterocycles. The molecule has 0 atom stereocenters. The van der Waals surface area contributed by atoms with E-state index in [2.05, 4.69) is 16.4 Å². The summed E-state index contributed by atoms with van der Waals surface area (Å²) in [6.45, 7) is 1.48. The van der Waals surface area contributed by atoms with Crippen LogP contribution in [0.3, 0.4) is 0 Å². The van der Waals surface area contributed by atoms with E-state index in [9.17, 15) is 9.18 Å². The van der Waals surface area contributed by atoms with Crippen molar-refractivity contribution in [3.05, 3.63) is 65.5 Å². The molecule has 0 saturated heterocycles. The van der Waals surface area contributed by atoms with Crippen LogP contribution in [0.2, 0.25) is 0 Å². The summed E-state index contributed by atoms with van der Waals surface area (Å²) >= 11 is 0. The van der Waals surface area contributed by atoms with Crippen molar-refractivity contribution >= 4 is 17.6 Å². The normalized spacial score (nSPS) is 13.9. The van der Waals surface area contributed by atoms with E-state index in [1.165, 1.54) is 17.7 Å². The second-order valence-corrected chi connectivity index (χ2v) is 6.66. The van der Waals surface area contributed by atoms with Crippen LogP contribution < -0.4 is 10.2 Å². The van der Waals surface area contributed by atoms with Crippen LogP contribution in [-0.2, 0) is 17.8 Å². The number of rotatable bonds is 4. The second kappa shape index (κ2) is 8.66. The Balaban J connectivity index is 1.59. The van der Waals surface area contributed by atoms with Gasteiger partial charge in [0.25, 0.3) is 0 Å². The zero-order valence-electron chi connectivity index (χ0n) is 15.8. The minimum absolute atomic E-state index is 0.0264. The minimum atomic E-state index is -0.253. The van der Waals surface area contributed by atoms with Gasteiger partial charge >= 0.3 is 0 Å². The number of benzene rings is 2. The molecule has 0 radical (unpaired) electrons. The van der Waals surface area contributed by atoms with Gasteiger partial charge in [0.2, 0.25) is 5.91 Å². The first-order valence-electron chi connectivity index (χ1n) is 9.13. The minimum Gasteiger partial charge on any atom is -0.347 e. The molecule has 1 amide bonds. The predicted octanol–water partition coefficient (Wildman–Crippen LogP) is 2.81. The molecule has 0 fully saturated rings. The number of carbonyl (C=O) groups excluding carboxylic acids is 1. The van der Waals surface area contributed by atoms with Gasteiger partial charge in [0, 0.05) is 32.9 Å². The van der Waals surface area contributed by atoms with Gasteiger partial charge in [0.05, 0.1) is 6.54 Å². The number of halogens is 1. The zero-order chi connectivity index (χ0) is 19.2. The topological polar surface area (TPSA) is 47.9 Å². The molecular weight excluding hydrogens is 343 g/mol.